The van der Waals surface area contributed by atoms with Gasteiger partial charge in [-0.05, 0) is 48.7 Å². The Morgan fingerprint density at radius 3 is 2.82 bits per heavy atom. The number of aryl methyl sites for hydroxylation is 1. The minimum atomic E-state index is -0.412. The molecular formula is C22H20N2O4. The predicted molar refractivity (Wildman–Crippen MR) is 105 cm³/mol. The number of ketones is 1. The van der Waals surface area contributed by atoms with E-state index >= 15 is 0 Å². The van der Waals surface area contributed by atoms with Gasteiger partial charge < -0.3 is 15.0 Å². The summed E-state index contributed by atoms with van der Waals surface area (Å²) in [4.78, 5) is 39.3. The molecule has 28 heavy (non-hydrogen) atoms. The van der Waals surface area contributed by atoms with Crippen LogP contribution in [0.5, 0.6) is 0 Å². The maximum Gasteiger partial charge on any atom is 0.306 e. The average Bonchev–Trinajstić information content (AvgIpc) is 3.25. The fourth-order valence-electron chi connectivity index (χ4n) is 3.47. The van der Waals surface area contributed by atoms with E-state index in [-0.39, 0.29) is 30.6 Å². The summed E-state index contributed by atoms with van der Waals surface area (Å²) in [5, 5.41) is 3.85. The zero-order chi connectivity index (χ0) is 19.7. The van der Waals surface area contributed by atoms with Gasteiger partial charge >= 0.3 is 5.97 Å². The SMILES string of the molecule is C[C@@H]1C(=O)Nc2ccc(C(=O)COC(=O)CCc3c[nH]c4ccccc34)cc21. The first-order valence-electron chi connectivity index (χ1n) is 9.21. The Hall–Kier alpha value is -3.41. The molecule has 2 aromatic carbocycles. The molecule has 2 N–H and O–H groups in total. The molecule has 0 bridgehead atoms. The van der Waals surface area contributed by atoms with Gasteiger partial charge in [-0.1, -0.05) is 18.2 Å². The van der Waals surface area contributed by atoms with Crippen LogP contribution in [0.3, 0.4) is 0 Å². The van der Waals surface area contributed by atoms with Crippen LogP contribution < -0.4 is 5.32 Å². The van der Waals surface area contributed by atoms with Crippen molar-refractivity contribution in [2.24, 2.45) is 0 Å². The molecule has 3 aromatic rings. The minimum Gasteiger partial charge on any atom is -0.457 e. The molecule has 1 amide bonds. The number of aromatic amines is 1. The number of hydrogen-bond donors (Lipinski definition) is 2. The Balaban J connectivity index is 1.32. The van der Waals surface area contributed by atoms with E-state index in [9.17, 15) is 14.4 Å². The number of ether oxygens (including phenoxy) is 1. The second-order valence-corrected chi connectivity index (χ2v) is 6.96. The number of hydrogen-bond acceptors (Lipinski definition) is 4. The lowest BCUT2D eigenvalue weighted by atomic mass is 9.99. The molecule has 0 fully saturated rings. The third kappa shape index (κ3) is 3.41. The average molecular weight is 376 g/mol. The first kappa shape index (κ1) is 18.0. The number of para-hydroxylation sites is 1. The van der Waals surface area contributed by atoms with E-state index in [4.69, 9.17) is 4.74 Å². The number of Topliss-reactive ketones (excluding diaryl/α,β-unsaturated/α-hetero) is 1. The molecule has 0 aliphatic carbocycles. The summed E-state index contributed by atoms with van der Waals surface area (Å²) in [5.74, 6) is -1.07. The van der Waals surface area contributed by atoms with Crippen molar-refractivity contribution in [1.29, 1.82) is 0 Å². The van der Waals surface area contributed by atoms with Crippen LogP contribution in [0.1, 0.15) is 40.7 Å². The molecule has 1 atom stereocenters. The highest BCUT2D eigenvalue weighted by Crippen LogP contribution is 2.32. The van der Waals surface area contributed by atoms with Crippen molar-refractivity contribution >= 4 is 34.3 Å². The topological polar surface area (TPSA) is 88.3 Å². The number of benzene rings is 2. The van der Waals surface area contributed by atoms with E-state index in [1.165, 1.54) is 0 Å². The van der Waals surface area contributed by atoms with Crippen molar-refractivity contribution in [1.82, 2.24) is 4.98 Å². The number of aromatic nitrogens is 1. The number of H-pyrrole nitrogens is 1. The third-order valence-corrected chi connectivity index (χ3v) is 5.13. The molecule has 0 saturated carbocycles. The number of amides is 1. The Bertz CT molecular complexity index is 1080. The summed E-state index contributed by atoms with van der Waals surface area (Å²) < 4.78 is 5.15. The normalized spacial score (nSPS) is 15.3. The van der Waals surface area contributed by atoms with Crippen molar-refractivity contribution in [3.8, 4) is 0 Å². The van der Waals surface area contributed by atoms with E-state index < -0.39 is 5.97 Å². The molecule has 0 saturated heterocycles. The zero-order valence-corrected chi connectivity index (χ0v) is 15.5. The molecule has 1 aliphatic rings. The second-order valence-electron chi connectivity index (χ2n) is 6.96. The van der Waals surface area contributed by atoms with Crippen LogP contribution in [0.4, 0.5) is 5.69 Å². The summed E-state index contributed by atoms with van der Waals surface area (Å²) in [5.41, 5.74) is 4.03. The number of carbonyl (C=O) groups is 3. The van der Waals surface area contributed by atoms with Crippen LogP contribution in [0.2, 0.25) is 0 Å². The smallest absolute Gasteiger partial charge is 0.306 e. The van der Waals surface area contributed by atoms with Gasteiger partial charge in [0.15, 0.2) is 12.4 Å². The molecule has 0 unspecified atom stereocenters. The summed E-state index contributed by atoms with van der Waals surface area (Å²) >= 11 is 0. The predicted octanol–water partition coefficient (Wildman–Crippen LogP) is 3.58. The van der Waals surface area contributed by atoms with Gasteiger partial charge in [-0.2, -0.15) is 0 Å². The molecule has 142 valence electrons. The monoisotopic (exact) mass is 376 g/mol. The van der Waals surface area contributed by atoms with Crippen molar-refractivity contribution in [3.05, 3.63) is 65.4 Å². The van der Waals surface area contributed by atoms with E-state index in [0.29, 0.717) is 12.0 Å². The number of rotatable bonds is 6. The van der Waals surface area contributed by atoms with Gasteiger partial charge in [0, 0.05) is 34.8 Å². The minimum absolute atomic E-state index is 0.0803. The van der Waals surface area contributed by atoms with Crippen LogP contribution in [0, 0.1) is 0 Å². The van der Waals surface area contributed by atoms with Gasteiger partial charge in [0.1, 0.15) is 0 Å². The van der Waals surface area contributed by atoms with E-state index in [1.54, 1.807) is 25.1 Å². The standard InChI is InChI=1S/C22H20N2O4/c1-13-17-10-14(6-8-19(17)24-22(13)27)20(25)12-28-21(26)9-7-15-11-23-18-5-3-2-4-16(15)18/h2-6,8,10-11,13,23H,7,9,12H2,1H3,(H,24,27)/t13-/m0/s1. The largest absolute Gasteiger partial charge is 0.457 e. The van der Waals surface area contributed by atoms with E-state index in [1.807, 2.05) is 30.5 Å². The van der Waals surface area contributed by atoms with Crippen LogP contribution in [0.25, 0.3) is 10.9 Å². The highest BCUT2D eigenvalue weighted by Gasteiger charge is 2.27. The Labute approximate surface area is 161 Å². The van der Waals surface area contributed by atoms with Gasteiger partial charge in [-0.3, -0.25) is 14.4 Å². The van der Waals surface area contributed by atoms with Gasteiger partial charge in [0.25, 0.3) is 0 Å². The van der Waals surface area contributed by atoms with Gasteiger partial charge in [0.05, 0.1) is 5.92 Å². The lowest BCUT2D eigenvalue weighted by molar-refractivity contribution is -0.142. The van der Waals surface area contributed by atoms with E-state index in [0.717, 1.165) is 27.7 Å². The highest BCUT2D eigenvalue weighted by molar-refractivity contribution is 6.05. The fourth-order valence-corrected chi connectivity index (χ4v) is 3.47. The lowest BCUT2D eigenvalue weighted by Gasteiger charge is -2.07. The first-order chi connectivity index (χ1) is 13.5. The number of fused-ring (bicyclic) bond motifs is 2. The summed E-state index contributed by atoms with van der Waals surface area (Å²) in [6.45, 7) is 1.49. The lowest BCUT2D eigenvalue weighted by Crippen LogP contribution is -2.14. The maximum absolute atomic E-state index is 12.4. The highest BCUT2D eigenvalue weighted by atomic mass is 16.5. The van der Waals surface area contributed by atoms with Gasteiger partial charge in [-0.25, -0.2) is 0 Å². The molecule has 0 radical (unpaired) electrons. The second kappa shape index (κ2) is 7.31. The number of anilines is 1. The summed E-state index contributed by atoms with van der Waals surface area (Å²) in [6, 6.07) is 12.9. The molecule has 0 spiro atoms. The number of esters is 1. The molecule has 6 heteroatoms. The fraction of sp³-hybridized carbons (Fsp3) is 0.227. The molecule has 6 nitrogen and oxygen atoms in total. The zero-order valence-electron chi connectivity index (χ0n) is 15.5. The van der Waals surface area contributed by atoms with Crippen LogP contribution in [-0.4, -0.2) is 29.3 Å². The van der Waals surface area contributed by atoms with Crippen molar-refractivity contribution in [3.63, 3.8) is 0 Å². The van der Waals surface area contributed by atoms with Crippen molar-refractivity contribution in [2.75, 3.05) is 11.9 Å². The Morgan fingerprint density at radius 2 is 1.96 bits per heavy atom. The Kier molecular flexibility index (Phi) is 4.69. The molecule has 2 heterocycles. The number of nitrogens with one attached hydrogen (secondary N) is 2. The third-order valence-electron chi connectivity index (χ3n) is 5.13. The maximum atomic E-state index is 12.4. The Morgan fingerprint density at radius 1 is 1.14 bits per heavy atom. The first-order valence-corrected chi connectivity index (χ1v) is 9.21. The molecule has 4 rings (SSSR count). The van der Waals surface area contributed by atoms with Crippen molar-refractivity contribution in [2.45, 2.75) is 25.7 Å². The quantitative estimate of drug-likeness (QED) is 0.508. The van der Waals surface area contributed by atoms with Crippen LogP contribution in [-0.2, 0) is 20.7 Å². The van der Waals surface area contributed by atoms with E-state index in [2.05, 4.69) is 10.3 Å². The molecular weight excluding hydrogens is 356 g/mol. The van der Waals surface area contributed by atoms with Crippen molar-refractivity contribution < 1.29 is 19.1 Å². The molecule has 1 aromatic heterocycles. The molecule has 1 aliphatic heterocycles. The summed E-state index contributed by atoms with van der Waals surface area (Å²) in [6.07, 6.45) is 2.64. The number of carbonyl (C=O) groups excluding carboxylic acids is 3. The van der Waals surface area contributed by atoms with Crippen LogP contribution >= 0.6 is 0 Å². The van der Waals surface area contributed by atoms with Gasteiger partial charge in [-0.15, -0.1) is 0 Å². The van der Waals surface area contributed by atoms with Gasteiger partial charge in [0.2, 0.25) is 5.91 Å². The van der Waals surface area contributed by atoms with Crippen LogP contribution in [0.15, 0.2) is 48.7 Å². The summed E-state index contributed by atoms with van der Waals surface area (Å²) in [7, 11) is 0.